The van der Waals surface area contributed by atoms with Crippen molar-refractivity contribution in [3.05, 3.63) is 370 Å². The minimum Gasteiger partial charge on any atom is -0.311 e. The molecule has 0 amide bonds. The van der Waals surface area contributed by atoms with E-state index in [4.69, 9.17) is 0 Å². The van der Waals surface area contributed by atoms with Crippen LogP contribution in [0.2, 0.25) is 0 Å². The maximum absolute atomic E-state index is 2.66. The molecule has 7 nitrogen and oxygen atoms in total. The fourth-order valence-corrected chi connectivity index (χ4v) is 17.5. The second-order valence-electron chi connectivity index (χ2n) is 26.0. The van der Waals surface area contributed by atoms with Gasteiger partial charge in [-0.1, -0.05) is 212 Å². The molecule has 20 rings (SSSR count). The van der Waals surface area contributed by atoms with Crippen molar-refractivity contribution in [2.75, 3.05) is 34.3 Å². The van der Waals surface area contributed by atoms with E-state index in [0.29, 0.717) is 0 Å². The molecule has 5 heterocycles. The SMILES string of the molecule is c1ccc(N(c2ccccc2)c2cc3c4c(c2)N(c2ccccc2)c2cc5c(cc2B4c2ccccc2N3c2ccccc2)B2c3cc4c(cc3N(c3ccccc3)c3cc(N(c6ccccc6)c6ccccc6)cc(c32)N5c2ccccc2)N(c2ccccc2)c2ccccc2S4)cc1. The maximum atomic E-state index is 2.66. The fourth-order valence-electron chi connectivity index (χ4n) is 16.4. The highest BCUT2D eigenvalue weighted by molar-refractivity contribution is 7.99. The van der Waals surface area contributed by atoms with Crippen LogP contribution >= 0.6 is 11.8 Å². The lowest BCUT2D eigenvalue weighted by molar-refractivity contribution is 1.16. The van der Waals surface area contributed by atoms with E-state index in [1.54, 1.807) is 0 Å². The molecule has 0 unspecified atom stereocenters. The molecule has 0 bridgehead atoms. The molecule has 5 aliphatic rings. The third-order valence-corrected chi connectivity index (χ3v) is 21.5. The van der Waals surface area contributed by atoms with Gasteiger partial charge in [0, 0.05) is 106 Å². The van der Waals surface area contributed by atoms with Crippen LogP contribution in [0.5, 0.6) is 0 Å². The van der Waals surface area contributed by atoms with Gasteiger partial charge in [0.2, 0.25) is 0 Å². The second kappa shape index (κ2) is 23.6. The Labute approximate surface area is 587 Å². The Morgan fingerprint density at radius 3 is 0.850 bits per heavy atom. The van der Waals surface area contributed by atoms with Crippen LogP contribution in [0.4, 0.5) is 119 Å². The van der Waals surface area contributed by atoms with Crippen LogP contribution in [0.25, 0.3) is 0 Å². The summed E-state index contributed by atoms with van der Waals surface area (Å²) in [4.78, 5) is 20.0. The van der Waals surface area contributed by atoms with Gasteiger partial charge in [-0.15, -0.1) is 0 Å². The fraction of sp³-hybridized carbons (Fsp3) is 0. The highest BCUT2D eigenvalue weighted by atomic mass is 32.2. The van der Waals surface area contributed by atoms with E-state index in [9.17, 15) is 0 Å². The molecule has 0 spiro atoms. The number of hydrogen-bond acceptors (Lipinski definition) is 8. The number of rotatable bonds is 11. The summed E-state index contributed by atoms with van der Waals surface area (Å²) in [6, 6.07) is 137. The van der Waals surface area contributed by atoms with Gasteiger partial charge in [0.1, 0.15) is 0 Å². The number of benzene rings is 15. The first kappa shape index (κ1) is 57.6. The lowest BCUT2D eigenvalue weighted by atomic mass is 9.30. The average molecular weight is 1290 g/mol. The number of hydrogen-bond donors (Lipinski definition) is 0. The number of anilines is 21. The third kappa shape index (κ3) is 9.18. The van der Waals surface area contributed by atoms with E-state index >= 15 is 0 Å². The average Bonchev–Trinajstić information content (AvgIpc) is 0.681. The summed E-state index contributed by atoms with van der Waals surface area (Å²) in [6.07, 6.45) is 0. The van der Waals surface area contributed by atoms with Crippen molar-refractivity contribution in [1.82, 2.24) is 0 Å². The molecule has 5 aliphatic heterocycles. The van der Waals surface area contributed by atoms with Gasteiger partial charge in [-0.2, -0.15) is 0 Å². The first-order valence-electron chi connectivity index (χ1n) is 34.3. The van der Waals surface area contributed by atoms with Crippen molar-refractivity contribution in [2.24, 2.45) is 0 Å². The van der Waals surface area contributed by atoms with Gasteiger partial charge >= 0.3 is 0 Å². The normalized spacial score (nSPS) is 13.2. The molecule has 0 saturated heterocycles. The van der Waals surface area contributed by atoms with Gasteiger partial charge in [0.25, 0.3) is 13.4 Å². The van der Waals surface area contributed by atoms with Crippen LogP contribution in [0.3, 0.4) is 0 Å². The largest absolute Gasteiger partial charge is 0.311 e. The zero-order chi connectivity index (χ0) is 65.8. The van der Waals surface area contributed by atoms with Crippen LogP contribution in [0, 0.1) is 0 Å². The standard InChI is InChI=1S/C90H61B2N7S/c1-10-32-62(33-11-1)93(63-34-12-2-13-35-63)71-54-83-89-84(55-71)97(68-44-22-7-23-45-68)79-60-80-75(58-74(79)91(89)73-50-28-29-51-77(73)95(83)66-40-18-5-19-41-66)92-76-59-88-82(96(67-42-20-6-21-43-67)78-52-30-31-53-87(78)100-88)61-81(76)99(70-48-26-9-27-49-70)86-57-72(56-85(90(86)92)98(80)69-46-24-8-25-47-69)94(64-36-14-3-15-37-64)65-38-16-4-17-39-65/h1-61H. The van der Waals surface area contributed by atoms with Crippen LogP contribution in [0.1, 0.15) is 0 Å². The molecule has 15 aromatic rings. The van der Waals surface area contributed by atoms with E-state index in [1.165, 1.54) is 42.6 Å². The van der Waals surface area contributed by atoms with Gasteiger partial charge in [-0.05, 0) is 203 Å². The topological polar surface area (TPSA) is 22.7 Å². The van der Waals surface area contributed by atoms with Gasteiger partial charge in [-0.3, -0.25) is 0 Å². The lowest BCUT2D eigenvalue weighted by Gasteiger charge is -2.48. The monoisotopic (exact) mass is 1290 g/mol. The Hall–Kier alpha value is -12.6. The molecule has 0 saturated carbocycles. The molecule has 15 aromatic carbocycles. The number of nitrogens with zero attached hydrogens (tertiary/aromatic N) is 7. The Morgan fingerprint density at radius 1 is 0.190 bits per heavy atom. The Kier molecular flexibility index (Phi) is 13.6. The van der Waals surface area contributed by atoms with Crippen molar-refractivity contribution in [3.8, 4) is 0 Å². The first-order valence-corrected chi connectivity index (χ1v) is 35.1. The summed E-state index contributed by atoms with van der Waals surface area (Å²) in [7, 11) is 0. The van der Waals surface area contributed by atoms with E-state index in [2.05, 4.69) is 404 Å². The van der Waals surface area contributed by atoms with Crippen molar-refractivity contribution >= 4 is 177 Å². The zero-order valence-electron chi connectivity index (χ0n) is 54.4. The number of fused-ring (bicyclic) bond motifs is 10. The van der Waals surface area contributed by atoms with Crippen LogP contribution in [0.15, 0.2) is 380 Å². The van der Waals surface area contributed by atoms with Gasteiger partial charge in [0.15, 0.2) is 0 Å². The quantitative estimate of drug-likeness (QED) is 0.118. The van der Waals surface area contributed by atoms with E-state index in [0.717, 1.165) is 119 Å². The molecule has 0 radical (unpaired) electrons. The molecule has 468 valence electrons. The predicted octanol–water partition coefficient (Wildman–Crippen LogP) is 20.7. The summed E-state index contributed by atoms with van der Waals surface area (Å²) >= 11 is 1.87. The molecule has 0 aromatic heterocycles. The van der Waals surface area contributed by atoms with Crippen LogP contribution in [-0.2, 0) is 0 Å². The van der Waals surface area contributed by atoms with Crippen molar-refractivity contribution in [1.29, 1.82) is 0 Å². The summed E-state index contributed by atoms with van der Waals surface area (Å²) in [5, 5.41) is 0. The minimum absolute atomic E-state index is 0.199. The summed E-state index contributed by atoms with van der Waals surface area (Å²) < 4.78 is 0. The van der Waals surface area contributed by atoms with Crippen molar-refractivity contribution in [3.63, 3.8) is 0 Å². The highest BCUT2D eigenvalue weighted by Gasteiger charge is 2.50. The predicted molar refractivity (Wildman–Crippen MR) is 423 cm³/mol. The van der Waals surface area contributed by atoms with Crippen molar-refractivity contribution < 1.29 is 0 Å². The molecule has 0 aliphatic carbocycles. The minimum atomic E-state index is -0.261. The summed E-state index contributed by atoms with van der Waals surface area (Å²) in [5.41, 5.74) is 30.5. The molecule has 0 fully saturated rings. The van der Waals surface area contributed by atoms with Crippen LogP contribution < -0.4 is 67.1 Å². The van der Waals surface area contributed by atoms with Gasteiger partial charge < -0.3 is 34.3 Å². The zero-order valence-corrected chi connectivity index (χ0v) is 55.2. The maximum Gasteiger partial charge on any atom is 0.252 e. The smallest absolute Gasteiger partial charge is 0.252 e. The summed E-state index contributed by atoms with van der Waals surface area (Å²) in [5.74, 6) is 0. The van der Waals surface area contributed by atoms with E-state index in [-0.39, 0.29) is 13.4 Å². The molecule has 0 N–H and O–H groups in total. The molecule has 0 atom stereocenters. The Bertz CT molecular complexity index is 5550. The van der Waals surface area contributed by atoms with Crippen LogP contribution in [-0.4, -0.2) is 13.4 Å². The molecule has 10 heteroatoms. The molecular formula is C90H61B2N7S. The first-order chi connectivity index (χ1) is 49.7. The van der Waals surface area contributed by atoms with Gasteiger partial charge in [-0.25, -0.2) is 0 Å². The van der Waals surface area contributed by atoms with Gasteiger partial charge in [0.05, 0.1) is 22.7 Å². The number of para-hydroxylation sites is 11. The Morgan fingerprint density at radius 2 is 0.470 bits per heavy atom. The lowest BCUT2D eigenvalue weighted by Crippen LogP contribution is -2.65. The van der Waals surface area contributed by atoms with E-state index < -0.39 is 0 Å². The second-order valence-corrected chi connectivity index (χ2v) is 27.1. The molecular weight excluding hydrogens is 1230 g/mol. The van der Waals surface area contributed by atoms with E-state index in [1.807, 2.05) is 11.8 Å². The summed E-state index contributed by atoms with van der Waals surface area (Å²) in [6.45, 7) is -0.460. The van der Waals surface area contributed by atoms with Crippen molar-refractivity contribution in [2.45, 2.75) is 9.79 Å². The molecule has 100 heavy (non-hydrogen) atoms. The third-order valence-electron chi connectivity index (χ3n) is 20.4. The highest BCUT2D eigenvalue weighted by Crippen LogP contribution is 2.56. The Balaban J connectivity index is 0.923.